The smallest absolute Gasteiger partial charge is 0.330 e. The Morgan fingerprint density at radius 2 is 1.77 bits per heavy atom. The molecule has 0 unspecified atom stereocenters. The van der Waals surface area contributed by atoms with E-state index in [1.807, 2.05) is 17.0 Å². The van der Waals surface area contributed by atoms with E-state index in [0.29, 0.717) is 23.4 Å². The maximum Gasteiger partial charge on any atom is 0.330 e. The van der Waals surface area contributed by atoms with Crippen LogP contribution in [0.1, 0.15) is 15.9 Å². The number of benzene rings is 2. The highest BCUT2D eigenvalue weighted by Gasteiger charge is 2.19. The van der Waals surface area contributed by atoms with Gasteiger partial charge in [0.05, 0.1) is 12.1 Å². The summed E-state index contributed by atoms with van der Waals surface area (Å²) in [4.78, 5) is 43.6. The number of likely N-dealkylation sites (N-methyl/N-ethyl adjacent to an activating group) is 1. The van der Waals surface area contributed by atoms with Crippen LogP contribution in [0, 0.1) is 0 Å². The molecule has 0 aliphatic carbocycles. The third-order valence-corrected chi connectivity index (χ3v) is 5.46. The van der Waals surface area contributed by atoms with Gasteiger partial charge in [0.2, 0.25) is 5.91 Å². The van der Waals surface area contributed by atoms with E-state index in [1.54, 1.807) is 48.8 Å². The number of imidazole rings is 1. The lowest BCUT2D eigenvalue weighted by Gasteiger charge is -2.32. The van der Waals surface area contributed by atoms with Gasteiger partial charge in [-0.2, -0.15) is 0 Å². The monoisotopic (exact) mass is 419 g/mol. The van der Waals surface area contributed by atoms with Gasteiger partial charge in [0, 0.05) is 49.8 Å². The highest BCUT2D eigenvalue weighted by Crippen LogP contribution is 2.15. The second-order valence-corrected chi connectivity index (χ2v) is 7.70. The van der Waals surface area contributed by atoms with Crippen LogP contribution >= 0.6 is 0 Å². The van der Waals surface area contributed by atoms with Gasteiger partial charge in [-0.05, 0) is 42.9 Å². The van der Waals surface area contributed by atoms with Gasteiger partial charge in [-0.1, -0.05) is 18.2 Å². The van der Waals surface area contributed by atoms with Gasteiger partial charge < -0.3 is 20.1 Å². The Bertz CT molecular complexity index is 1120. The molecule has 4 rings (SSSR count). The molecule has 1 aliphatic rings. The summed E-state index contributed by atoms with van der Waals surface area (Å²) in [5.74, 6) is -0.145. The fraction of sp³-hybridized carbons (Fsp3) is 0.261. The average molecular weight is 419 g/mol. The van der Waals surface area contributed by atoms with Crippen LogP contribution in [0.2, 0.25) is 0 Å². The lowest BCUT2D eigenvalue weighted by atomic mass is 10.1. The predicted octanol–water partition coefficient (Wildman–Crippen LogP) is 1.73. The third kappa shape index (κ3) is 4.92. The van der Waals surface area contributed by atoms with E-state index < -0.39 is 0 Å². The SMILES string of the molecule is CN1CCN(C(=O)Cc2ccc(NC(=O)c3cccc(-n4cc[nH]c4=O)c3)cc2)CC1. The fourth-order valence-corrected chi connectivity index (χ4v) is 3.57. The van der Waals surface area contributed by atoms with Gasteiger partial charge in [-0.25, -0.2) is 4.79 Å². The molecule has 1 aliphatic heterocycles. The maximum absolute atomic E-state index is 12.6. The van der Waals surface area contributed by atoms with E-state index in [-0.39, 0.29) is 17.5 Å². The first-order chi connectivity index (χ1) is 15.0. The standard InChI is InChI=1S/C23H25N5O3/c1-26-11-13-27(14-12-26)21(29)15-17-5-7-19(8-6-17)25-22(30)18-3-2-4-20(16-18)28-10-9-24-23(28)31/h2-10,16H,11-15H2,1H3,(H,24,31)(H,25,30). The lowest BCUT2D eigenvalue weighted by molar-refractivity contribution is -0.132. The molecule has 31 heavy (non-hydrogen) atoms. The molecule has 2 aromatic carbocycles. The van der Waals surface area contributed by atoms with E-state index in [2.05, 4.69) is 22.2 Å². The quantitative estimate of drug-likeness (QED) is 0.659. The van der Waals surface area contributed by atoms with Gasteiger partial charge in [0.25, 0.3) is 5.91 Å². The number of rotatable bonds is 5. The van der Waals surface area contributed by atoms with E-state index in [9.17, 15) is 14.4 Å². The zero-order chi connectivity index (χ0) is 21.8. The molecule has 8 nitrogen and oxygen atoms in total. The summed E-state index contributed by atoms with van der Waals surface area (Å²) in [5.41, 5.74) is 2.34. The zero-order valence-electron chi connectivity index (χ0n) is 17.4. The van der Waals surface area contributed by atoms with Gasteiger partial charge in [0.1, 0.15) is 0 Å². The summed E-state index contributed by atoms with van der Waals surface area (Å²) < 4.78 is 1.43. The Kier molecular flexibility index (Phi) is 5.99. The van der Waals surface area contributed by atoms with Crippen LogP contribution in [0.5, 0.6) is 0 Å². The minimum absolute atomic E-state index is 0.127. The minimum atomic E-state index is -0.272. The maximum atomic E-state index is 12.6. The van der Waals surface area contributed by atoms with Crippen molar-refractivity contribution in [2.24, 2.45) is 0 Å². The van der Waals surface area contributed by atoms with Crippen LogP contribution in [0.4, 0.5) is 5.69 Å². The first kappa shape index (κ1) is 20.6. The van der Waals surface area contributed by atoms with Crippen molar-refractivity contribution in [2.45, 2.75) is 6.42 Å². The minimum Gasteiger partial charge on any atom is -0.340 e. The lowest BCUT2D eigenvalue weighted by Crippen LogP contribution is -2.47. The molecule has 160 valence electrons. The van der Waals surface area contributed by atoms with Crippen LogP contribution in [-0.4, -0.2) is 64.4 Å². The second-order valence-electron chi connectivity index (χ2n) is 7.70. The molecule has 1 fully saturated rings. The van der Waals surface area contributed by atoms with Crippen molar-refractivity contribution in [3.8, 4) is 5.69 Å². The zero-order valence-corrected chi connectivity index (χ0v) is 17.4. The number of carbonyl (C=O) groups excluding carboxylic acids is 2. The van der Waals surface area contributed by atoms with Crippen molar-refractivity contribution in [3.63, 3.8) is 0 Å². The molecular formula is C23H25N5O3. The number of nitrogens with one attached hydrogen (secondary N) is 2. The number of nitrogens with zero attached hydrogens (tertiary/aromatic N) is 3. The summed E-state index contributed by atoms with van der Waals surface area (Å²) >= 11 is 0. The third-order valence-electron chi connectivity index (χ3n) is 5.46. The summed E-state index contributed by atoms with van der Waals surface area (Å²) in [6, 6.07) is 14.2. The Morgan fingerprint density at radius 1 is 1.03 bits per heavy atom. The molecule has 1 saturated heterocycles. The second kappa shape index (κ2) is 9.01. The van der Waals surface area contributed by atoms with Crippen LogP contribution in [0.15, 0.2) is 65.7 Å². The molecule has 0 atom stereocenters. The topological polar surface area (TPSA) is 90.4 Å². The number of hydrogen-bond acceptors (Lipinski definition) is 4. The van der Waals surface area contributed by atoms with Crippen molar-refractivity contribution < 1.29 is 9.59 Å². The number of aromatic amines is 1. The van der Waals surface area contributed by atoms with Crippen LogP contribution in [0.25, 0.3) is 5.69 Å². The Labute approximate surface area is 180 Å². The van der Waals surface area contributed by atoms with Crippen molar-refractivity contribution in [1.82, 2.24) is 19.4 Å². The van der Waals surface area contributed by atoms with E-state index in [4.69, 9.17) is 0 Å². The van der Waals surface area contributed by atoms with Crippen molar-refractivity contribution in [1.29, 1.82) is 0 Å². The highest BCUT2D eigenvalue weighted by molar-refractivity contribution is 6.04. The summed E-state index contributed by atoms with van der Waals surface area (Å²) in [5, 5.41) is 2.86. The molecular weight excluding hydrogens is 394 g/mol. The first-order valence-electron chi connectivity index (χ1n) is 10.2. The van der Waals surface area contributed by atoms with E-state index in [1.165, 1.54) is 4.57 Å². The largest absolute Gasteiger partial charge is 0.340 e. The van der Waals surface area contributed by atoms with Crippen molar-refractivity contribution in [3.05, 3.63) is 82.5 Å². The van der Waals surface area contributed by atoms with Gasteiger partial charge in [-0.15, -0.1) is 0 Å². The molecule has 0 saturated carbocycles. The highest BCUT2D eigenvalue weighted by atomic mass is 16.2. The number of carbonyl (C=O) groups is 2. The molecule has 8 heteroatoms. The predicted molar refractivity (Wildman–Crippen MR) is 119 cm³/mol. The van der Waals surface area contributed by atoms with Crippen molar-refractivity contribution in [2.75, 3.05) is 38.5 Å². The summed E-state index contributed by atoms with van der Waals surface area (Å²) in [6.45, 7) is 3.32. The molecule has 0 spiro atoms. The van der Waals surface area contributed by atoms with Crippen molar-refractivity contribution >= 4 is 17.5 Å². The van der Waals surface area contributed by atoms with Gasteiger partial charge in [-0.3, -0.25) is 14.2 Å². The first-order valence-corrected chi connectivity index (χ1v) is 10.2. The number of aromatic nitrogens is 2. The summed E-state index contributed by atoms with van der Waals surface area (Å²) in [7, 11) is 2.06. The fourth-order valence-electron chi connectivity index (χ4n) is 3.57. The molecule has 2 heterocycles. The Balaban J connectivity index is 1.38. The molecule has 1 aromatic heterocycles. The number of anilines is 1. The van der Waals surface area contributed by atoms with Gasteiger partial charge >= 0.3 is 5.69 Å². The number of H-pyrrole nitrogens is 1. The number of amides is 2. The molecule has 2 N–H and O–H groups in total. The average Bonchev–Trinajstić information content (AvgIpc) is 3.21. The van der Waals surface area contributed by atoms with E-state index in [0.717, 1.165) is 31.7 Å². The number of piperazine rings is 1. The van der Waals surface area contributed by atoms with Crippen LogP contribution < -0.4 is 11.0 Å². The van der Waals surface area contributed by atoms with E-state index >= 15 is 0 Å². The van der Waals surface area contributed by atoms with Gasteiger partial charge in [0.15, 0.2) is 0 Å². The Morgan fingerprint density at radius 3 is 2.45 bits per heavy atom. The normalized spacial score (nSPS) is 14.4. The number of hydrogen-bond donors (Lipinski definition) is 2. The Hall–Kier alpha value is -3.65. The molecule has 0 bridgehead atoms. The molecule has 3 aromatic rings. The summed E-state index contributed by atoms with van der Waals surface area (Å²) in [6.07, 6.45) is 3.51. The van der Waals surface area contributed by atoms with Crippen LogP contribution in [-0.2, 0) is 11.2 Å². The molecule has 2 amide bonds. The molecule has 0 radical (unpaired) electrons. The van der Waals surface area contributed by atoms with Crippen LogP contribution in [0.3, 0.4) is 0 Å².